The van der Waals surface area contributed by atoms with Crippen molar-refractivity contribution in [3.63, 3.8) is 0 Å². The molecule has 1 amide bonds. The lowest BCUT2D eigenvalue weighted by Crippen LogP contribution is -2.64. The van der Waals surface area contributed by atoms with Gasteiger partial charge in [-0.1, -0.05) is 0 Å². The van der Waals surface area contributed by atoms with Crippen molar-refractivity contribution in [3.05, 3.63) is 0 Å². The summed E-state index contributed by atoms with van der Waals surface area (Å²) in [5, 5.41) is 30.5. The van der Waals surface area contributed by atoms with Crippen LogP contribution in [0.25, 0.3) is 0 Å². The summed E-state index contributed by atoms with van der Waals surface area (Å²) in [6, 6.07) is -1.37. The highest BCUT2D eigenvalue weighted by atomic mass is 32.3. The number of carbonyl (C=O) groups is 1. The number of hydrogen-bond acceptors (Lipinski definition) is 8. The zero-order chi connectivity index (χ0) is 14.8. The van der Waals surface area contributed by atoms with E-state index in [9.17, 15) is 23.4 Å². The minimum atomic E-state index is -4.91. The lowest BCUT2D eigenvalue weighted by Gasteiger charge is -2.41. The normalized spacial score (nSPS) is 35.9. The van der Waals surface area contributed by atoms with Crippen LogP contribution in [-0.2, 0) is 24.1 Å². The van der Waals surface area contributed by atoms with Crippen LogP contribution in [0.3, 0.4) is 0 Å². The van der Waals surface area contributed by atoms with Gasteiger partial charge in [0.15, 0.2) is 6.29 Å². The number of ether oxygens (including phenoxy) is 1. The average molecular weight is 301 g/mol. The second-order valence-corrected chi connectivity index (χ2v) is 5.00. The Morgan fingerprint density at radius 3 is 2.42 bits per heavy atom. The van der Waals surface area contributed by atoms with Crippen molar-refractivity contribution in [2.45, 2.75) is 37.6 Å². The molecule has 1 aliphatic heterocycles. The van der Waals surface area contributed by atoms with Crippen molar-refractivity contribution in [2.24, 2.45) is 0 Å². The predicted molar refractivity (Wildman–Crippen MR) is 58.0 cm³/mol. The number of amides is 1. The SMILES string of the molecule is CC(=O)NC1C(O)OC(CO)[C@H](OS(=O)(=O)O)[C@@H]1O. The molecule has 1 rings (SSSR count). The number of rotatable bonds is 4. The van der Waals surface area contributed by atoms with Gasteiger partial charge in [0.05, 0.1) is 6.61 Å². The molecule has 11 heteroatoms. The maximum absolute atomic E-state index is 10.9. The van der Waals surface area contributed by atoms with E-state index in [1.807, 2.05) is 0 Å². The van der Waals surface area contributed by atoms with Crippen LogP contribution in [0.1, 0.15) is 6.92 Å². The average Bonchev–Trinajstić information content (AvgIpc) is 2.26. The number of aliphatic hydroxyl groups excluding tert-OH is 3. The van der Waals surface area contributed by atoms with Gasteiger partial charge in [0.25, 0.3) is 0 Å². The third-order valence-corrected chi connectivity index (χ3v) is 2.94. The molecular weight excluding hydrogens is 286 g/mol. The lowest BCUT2D eigenvalue weighted by molar-refractivity contribution is -0.248. The van der Waals surface area contributed by atoms with E-state index in [-0.39, 0.29) is 0 Å². The van der Waals surface area contributed by atoms with Crippen LogP contribution in [0.2, 0.25) is 0 Å². The Kier molecular flexibility index (Phi) is 5.20. The fraction of sp³-hybridized carbons (Fsp3) is 0.875. The molecule has 0 aromatic rings. The van der Waals surface area contributed by atoms with Crippen LogP contribution in [-0.4, -0.2) is 71.4 Å². The van der Waals surface area contributed by atoms with Gasteiger partial charge < -0.3 is 25.4 Å². The molecular formula is C8H15NO9S. The minimum Gasteiger partial charge on any atom is -0.394 e. The zero-order valence-electron chi connectivity index (χ0n) is 9.83. The highest BCUT2D eigenvalue weighted by molar-refractivity contribution is 7.80. The molecule has 3 unspecified atom stereocenters. The largest absolute Gasteiger partial charge is 0.397 e. The standard InChI is InChI=1S/C8H15NO9S/c1-3(11)9-5-6(12)7(18-19(14,15)16)4(2-10)17-8(5)13/h4-8,10,12-13H,2H2,1H3,(H,9,11)(H,14,15,16)/t4?,5?,6-,7+,8?/m1/s1. The van der Waals surface area contributed by atoms with Crippen molar-refractivity contribution >= 4 is 16.3 Å². The molecule has 5 atom stereocenters. The summed E-state index contributed by atoms with van der Waals surface area (Å²) in [6.45, 7) is 0.331. The first-order valence-corrected chi connectivity index (χ1v) is 6.57. The third-order valence-electron chi connectivity index (χ3n) is 2.47. The predicted octanol–water partition coefficient (Wildman–Crippen LogP) is -3.25. The smallest absolute Gasteiger partial charge is 0.394 e. The molecule has 0 bridgehead atoms. The molecule has 1 heterocycles. The van der Waals surface area contributed by atoms with Gasteiger partial charge in [0.1, 0.15) is 24.4 Å². The van der Waals surface area contributed by atoms with Crippen LogP contribution in [0.5, 0.6) is 0 Å². The van der Waals surface area contributed by atoms with E-state index in [4.69, 9.17) is 14.4 Å². The molecule has 1 saturated heterocycles. The lowest BCUT2D eigenvalue weighted by atomic mass is 9.97. The quantitative estimate of drug-likeness (QED) is 0.335. The van der Waals surface area contributed by atoms with Gasteiger partial charge in [-0.15, -0.1) is 0 Å². The van der Waals surface area contributed by atoms with Crippen molar-refractivity contribution in [1.82, 2.24) is 5.32 Å². The number of hydrogen-bond donors (Lipinski definition) is 5. The van der Waals surface area contributed by atoms with Crippen LogP contribution in [0.4, 0.5) is 0 Å². The minimum absolute atomic E-state index is 0.611. The third kappa shape index (κ3) is 4.35. The summed E-state index contributed by atoms with van der Waals surface area (Å²) in [5.74, 6) is -0.611. The zero-order valence-corrected chi connectivity index (χ0v) is 10.6. The topological polar surface area (TPSA) is 163 Å². The first-order valence-electron chi connectivity index (χ1n) is 5.21. The van der Waals surface area contributed by atoms with E-state index in [1.165, 1.54) is 0 Å². The van der Waals surface area contributed by atoms with Gasteiger partial charge in [0.2, 0.25) is 5.91 Å². The Labute approximate surface area is 108 Å². The molecule has 0 radical (unpaired) electrons. The second kappa shape index (κ2) is 6.09. The Balaban J connectivity index is 2.94. The Morgan fingerprint density at radius 2 is 2.00 bits per heavy atom. The summed E-state index contributed by atoms with van der Waals surface area (Å²) >= 11 is 0. The van der Waals surface area contributed by atoms with Crippen LogP contribution >= 0.6 is 0 Å². The summed E-state index contributed by atoms with van der Waals surface area (Å²) in [7, 11) is -4.91. The van der Waals surface area contributed by atoms with E-state index in [0.717, 1.165) is 6.92 Å². The van der Waals surface area contributed by atoms with Gasteiger partial charge in [-0.25, -0.2) is 4.18 Å². The monoisotopic (exact) mass is 301 g/mol. The molecule has 0 aromatic carbocycles. The van der Waals surface area contributed by atoms with Crippen molar-refractivity contribution < 1.29 is 42.0 Å². The van der Waals surface area contributed by atoms with Crippen molar-refractivity contribution in [1.29, 1.82) is 0 Å². The second-order valence-electron chi connectivity index (χ2n) is 3.95. The molecule has 10 nitrogen and oxygen atoms in total. The van der Waals surface area contributed by atoms with Crippen LogP contribution in [0, 0.1) is 0 Å². The number of nitrogens with one attached hydrogen (secondary N) is 1. The first-order chi connectivity index (χ1) is 8.65. The van der Waals surface area contributed by atoms with Crippen molar-refractivity contribution in [3.8, 4) is 0 Å². The van der Waals surface area contributed by atoms with Crippen LogP contribution in [0.15, 0.2) is 0 Å². The molecule has 0 aromatic heterocycles. The maximum Gasteiger partial charge on any atom is 0.397 e. The van der Waals surface area contributed by atoms with Gasteiger partial charge in [-0.3, -0.25) is 9.35 Å². The van der Waals surface area contributed by atoms with E-state index in [2.05, 4.69) is 9.50 Å². The molecule has 0 saturated carbocycles. The summed E-state index contributed by atoms with van der Waals surface area (Å²) in [5.41, 5.74) is 0. The Bertz CT molecular complexity index is 424. The number of aliphatic hydroxyl groups is 3. The molecule has 5 N–H and O–H groups in total. The first kappa shape index (κ1) is 16.2. The van der Waals surface area contributed by atoms with E-state index < -0.39 is 53.6 Å². The van der Waals surface area contributed by atoms with Gasteiger partial charge in [-0.05, 0) is 0 Å². The molecule has 1 aliphatic rings. The van der Waals surface area contributed by atoms with Gasteiger partial charge in [-0.2, -0.15) is 8.42 Å². The fourth-order valence-corrected chi connectivity index (χ4v) is 2.25. The molecule has 112 valence electrons. The van der Waals surface area contributed by atoms with Crippen molar-refractivity contribution in [2.75, 3.05) is 6.61 Å². The van der Waals surface area contributed by atoms with E-state index in [0.29, 0.717) is 0 Å². The Hall–Kier alpha value is -0.820. The van der Waals surface area contributed by atoms with E-state index in [1.54, 1.807) is 0 Å². The highest BCUT2D eigenvalue weighted by Crippen LogP contribution is 2.23. The van der Waals surface area contributed by atoms with Crippen LogP contribution < -0.4 is 5.32 Å². The number of carbonyl (C=O) groups excluding carboxylic acids is 1. The maximum atomic E-state index is 10.9. The van der Waals surface area contributed by atoms with Gasteiger partial charge >= 0.3 is 10.4 Å². The summed E-state index contributed by atoms with van der Waals surface area (Å²) < 4.78 is 38.9. The molecule has 0 spiro atoms. The summed E-state index contributed by atoms with van der Waals surface area (Å²) in [4.78, 5) is 10.9. The van der Waals surface area contributed by atoms with Gasteiger partial charge in [0, 0.05) is 6.92 Å². The molecule has 1 fully saturated rings. The summed E-state index contributed by atoms with van der Waals surface area (Å²) in [6.07, 6.45) is -6.46. The molecule has 19 heavy (non-hydrogen) atoms. The highest BCUT2D eigenvalue weighted by Gasteiger charge is 2.47. The fourth-order valence-electron chi connectivity index (χ4n) is 1.73. The Morgan fingerprint density at radius 1 is 1.42 bits per heavy atom. The molecule has 0 aliphatic carbocycles. The van der Waals surface area contributed by atoms with E-state index >= 15 is 0 Å².